The summed E-state index contributed by atoms with van der Waals surface area (Å²) >= 11 is 0. The molecule has 0 amide bonds. The van der Waals surface area contributed by atoms with E-state index in [-0.39, 0.29) is 16.7 Å². The molecule has 1 heterocycles. The molecule has 0 saturated carbocycles. The summed E-state index contributed by atoms with van der Waals surface area (Å²) < 4.78 is 5.69. The zero-order valence-corrected chi connectivity index (χ0v) is 8.60. The molecule has 0 spiro atoms. The maximum absolute atomic E-state index is 10.6. The van der Waals surface area contributed by atoms with Gasteiger partial charge in [0.2, 0.25) is 0 Å². The number of nitro groups is 1. The first-order valence-electron chi connectivity index (χ1n) is 5.14. The molecule has 4 nitrogen and oxygen atoms in total. The van der Waals surface area contributed by atoms with Gasteiger partial charge in [-0.3, -0.25) is 10.1 Å². The van der Waals surface area contributed by atoms with E-state index in [9.17, 15) is 10.1 Å². The van der Waals surface area contributed by atoms with Crippen LogP contribution in [0, 0.1) is 10.1 Å². The first-order valence-corrected chi connectivity index (χ1v) is 5.14. The molecular weight excluding hydrogens is 194 g/mol. The van der Waals surface area contributed by atoms with Gasteiger partial charge in [-0.1, -0.05) is 6.92 Å². The van der Waals surface area contributed by atoms with E-state index in [1.54, 1.807) is 12.1 Å². The van der Waals surface area contributed by atoms with E-state index >= 15 is 0 Å². The molecular formula is C11H13NO3. The summed E-state index contributed by atoms with van der Waals surface area (Å²) in [6.07, 6.45) is 3.07. The highest BCUT2D eigenvalue weighted by molar-refractivity contribution is 5.44. The number of nitrogens with zero attached hydrogens (tertiary/aromatic N) is 1. The Balaban J connectivity index is 2.28. The second-order valence-electron chi connectivity index (χ2n) is 3.74. The van der Waals surface area contributed by atoms with Crippen LogP contribution in [0.4, 0.5) is 5.69 Å². The van der Waals surface area contributed by atoms with Crippen molar-refractivity contribution in [1.29, 1.82) is 0 Å². The smallest absolute Gasteiger partial charge is 0.269 e. The van der Waals surface area contributed by atoms with E-state index < -0.39 is 0 Å². The Morgan fingerprint density at radius 1 is 1.60 bits per heavy atom. The summed E-state index contributed by atoms with van der Waals surface area (Å²) in [5.74, 6) is 0.804. The molecule has 1 aromatic carbocycles. The normalized spacial score (nSPS) is 19.1. The maximum Gasteiger partial charge on any atom is 0.269 e. The summed E-state index contributed by atoms with van der Waals surface area (Å²) in [6, 6.07) is 4.81. The fourth-order valence-corrected chi connectivity index (χ4v) is 1.83. The number of non-ortho nitro benzene ring substituents is 1. The molecule has 1 aliphatic heterocycles. The molecule has 1 aliphatic rings. The molecule has 15 heavy (non-hydrogen) atoms. The van der Waals surface area contributed by atoms with Crippen molar-refractivity contribution in [2.45, 2.75) is 32.3 Å². The number of aryl methyl sites for hydroxylation is 1. The predicted octanol–water partition coefficient (Wildman–Crippen LogP) is 2.70. The Morgan fingerprint density at radius 2 is 2.40 bits per heavy atom. The first-order chi connectivity index (χ1) is 7.20. The van der Waals surface area contributed by atoms with Gasteiger partial charge in [0.1, 0.15) is 5.75 Å². The number of benzene rings is 1. The van der Waals surface area contributed by atoms with Crippen molar-refractivity contribution in [2.24, 2.45) is 0 Å². The largest absolute Gasteiger partial charge is 0.490 e. The van der Waals surface area contributed by atoms with Gasteiger partial charge in [0.15, 0.2) is 0 Å². The lowest BCUT2D eigenvalue weighted by atomic mass is 10.0. The lowest BCUT2D eigenvalue weighted by Gasteiger charge is -2.24. The summed E-state index contributed by atoms with van der Waals surface area (Å²) in [7, 11) is 0. The van der Waals surface area contributed by atoms with E-state index in [0.717, 1.165) is 30.6 Å². The number of ether oxygens (including phenoxy) is 1. The standard InChI is InChI=1S/C11H13NO3/c1-2-10-5-3-8-7-9(12(13)14)4-6-11(8)15-10/h4,6-7,10H,2-3,5H2,1H3. The SMILES string of the molecule is CCC1CCc2cc([N+](=O)[O-])ccc2O1. The zero-order chi connectivity index (χ0) is 10.8. The average Bonchev–Trinajstić information content (AvgIpc) is 2.27. The van der Waals surface area contributed by atoms with Crippen molar-refractivity contribution in [3.8, 4) is 5.75 Å². The fraction of sp³-hybridized carbons (Fsp3) is 0.455. The van der Waals surface area contributed by atoms with Crippen LogP contribution >= 0.6 is 0 Å². The van der Waals surface area contributed by atoms with Gasteiger partial charge in [0.25, 0.3) is 5.69 Å². The Morgan fingerprint density at radius 3 is 3.07 bits per heavy atom. The van der Waals surface area contributed by atoms with Gasteiger partial charge < -0.3 is 4.74 Å². The summed E-state index contributed by atoms with van der Waals surface area (Å²) in [5.41, 5.74) is 1.10. The Bertz CT molecular complexity index is 389. The highest BCUT2D eigenvalue weighted by Gasteiger charge is 2.20. The van der Waals surface area contributed by atoms with Crippen molar-refractivity contribution in [3.63, 3.8) is 0 Å². The minimum atomic E-state index is -0.369. The van der Waals surface area contributed by atoms with Gasteiger partial charge in [-0.15, -0.1) is 0 Å². The Labute approximate surface area is 88.0 Å². The minimum absolute atomic E-state index is 0.146. The van der Waals surface area contributed by atoms with Crippen molar-refractivity contribution in [3.05, 3.63) is 33.9 Å². The first kappa shape index (κ1) is 9.96. The number of nitro benzene ring substituents is 1. The lowest BCUT2D eigenvalue weighted by molar-refractivity contribution is -0.385. The molecule has 0 N–H and O–H groups in total. The quantitative estimate of drug-likeness (QED) is 0.553. The van der Waals surface area contributed by atoms with Crippen LogP contribution in [0.5, 0.6) is 5.75 Å². The van der Waals surface area contributed by atoms with Crippen LogP contribution < -0.4 is 4.74 Å². The number of hydrogen-bond donors (Lipinski definition) is 0. The van der Waals surface area contributed by atoms with Crippen molar-refractivity contribution < 1.29 is 9.66 Å². The van der Waals surface area contributed by atoms with Gasteiger partial charge >= 0.3 is 0 Å². The van der Waals surface area contributed by atoms with E-state index in [1.807, 2.05) is 0 Å². The number of rotatable bonds is 2. The fourth-order valence-electron chi connectivity index (χ4n) is 1.83. The van der Waals surface area contributed by atoms with E-state index in [0.29, 0.717) is 0 Å². The second-order valence-corrected chi connectivity index (χ2v) is 3.74. The van der Waals surface area contributed by atoms with Crippen LogP contribution in [-0.2, 0) is 6.42 Å². The van der Waals surface area contributed by atoms with Crippen LogP contribution in [0.3, 0.4) is 0 Å². The van der Waals surface area contributed by atoms with Crippen LogP contribution in [-0.4, -0.2) is 11.0 Å². The average molecular weight is 207 g/mol. The summed E-state index contributed by atoms with van der Waals surface area (Å²) in [5, 5.41) is 10.6. The highest BCUT2D eigenvalue weighted by atomic mass is 16.6. The van der Waals surface area contributed by atoms with E-state index in [2.05, 4.69) is 6.92 Å². The topological polar surface area (TPSA) is 52.4 Å². The van der Waals surface area contributed by atoms with Gasteiger partial charge in [-0.25, -0.2) is 0 Å². The molecule has 1 aromatic rings. The predicted molar refractivity (Wildman–Crippen MR) is 56.1 cm³/mol. The van der Waals surface area contributed by atoms with Crippen molar-refractivity contribution in [1.82, 2.24) is 0 Å². The van der Waals surface area contributed by atoms with Crippen LogP contribution in [0.2, 0.25) is 0 Å². The van der Waals surface area contributed by atoms with E-state index in [4.69, 9.17) is 4.74 Å². The minimum Gasteiger partial charge on any atom is -0.490 e. The monoisotopic (exact) mass is 207 g/mol. The third-order valence-electron chi connectivity index (χ3n) is 2.74. The number of hydrogen-bond acceptors (Lipinski definition) is 3. The highest BCUT2D eigenvalue weighted by Crippen LogP contribution is 2.31. The van der Waals surface area contributed by atoms with Crippen molar-refractivity contribution in [2.75, 3.05) is 0 Å². The third kappa shape index (κ3) is 1.93. The molecule has 0 radical (unpaired) electrons. The summed E-state index contributed by atoms with van der Waals surface area (Å²) in [6.45, 7) is 2.08. The molecule has 4 heteroatoms. The summed E-state index contributed by atoms with van der Waals surface area (Å²) in [4.78, 5) is 10.2. The zero-order valence-electron chi connectivity index (χ0n) is 8.60. The van der Waals surface area contributed by atoms with Gasteiger partial charge in [-0.2, -0.15) is 0 Å². The molecule has 0 fully saturated rings. The van der Waals surface area contributed by atoms with Crippen molar-refractivity contribution >= 4 is 5.69 Å². The van der Waals surface area contributed by atoms with Crippen LogP contribution in [0.15, 0.2) is 18.2 Å². The van der Waals surface area contributed by atoms with Gasteiger partial charge in [0.05, 0.1) is 11.0 Å². The maximum atomic E-state index is 10.6. The van der Waals surface area contributed by atoms with Gasteiger partial charge in [0, 0.05) is 17.7 Å². The second kappa shape index (κ2) is 3.88. The van der Waals surface area contributed by atoms with Crippen LogP contribution in [0.1, 0.15) is 25.3 Å². The molecule has 0 aliphatic carbocycles. The van der Waals surface area contributed by atoms with E-state index in [1.165, 1.54) is 6.07 Å². The molecule has 80 valence electrons. The Hall–Kier alpha value is -1.58. The van der Waals surface area contributed by atoms with Crippen LogP contribution in [0.25, 0.3) is 0 Å². The van der Waals surface area contributed by atoms with Gasteiger partial charge in [-0.05, 0) is 25.3 Å². The molecule has 0 saturated heterocycles. The lowest BCUT2D eigenvalue weighted by Crippen LogP contribution is -2.21. The molecule has 0 bridgehead atoms. The Kier molecular flexibility index (Phi) is 2.58. The molecule has 0 aromatic heterocycles. The number of fused-ring (bicyclic) bond motifs is 1. The molecule has 2 rings (SSSR count). The third-order valence-corrected chi connectivity index (χ3v) is 2.74. The molecule has 1 atom stereocenters. The molecule has 1 unspecified atom stereocenters.